The maximum Gasteiger partial charge on any atom is 0.255 e. The highest BCUT2D eigenvalue weighted by molar-refractivity contribution is 9.10. The number of nitrogens with one attached hydrogen (secondary N) is 1. The molecule has 0 aromatic heterocycles. The van der Waals surface area contributed by atoms with Crippen molar-refractivity contribution in [2.75, 3.05) is 25.0 Å². The van der Waals surface area contributed by atoms with E-state index in [0.29, 0.717) is 35.1 Å². The van der Waals surface area contributed by atoms with Crippen molar-refractivity contribution in [1.82, 2.24) is 4.90 Å². The summed E-state index contributed by atoms with van der Waals surface area (Å²) in [5, 5.41) is 2.91. The Balaban J connectivity index is 1.74. The first-order chi connectivity index (χ1) is 14.5. The number of benzene rings is 2. The monoisotopic (exact) mass is 472 g/mol. The van der Waals surface area contributed by atoms with Gasteiger partial charge in [-0.2, -0.15) is 0 Å². The van der Waals surface area contributed by atoms with Crippen LogP contribution in [0.25, 0.3) is 0 Å². The SMILES string of the molecule is CC(C)COc1ccc(C(=O)Nc2ccccc2C(=O)N2CCCCCC2)cc1Br. The third-order valence-corrected chi connectivity index (χ3v) is 5.68. The molecule has 0 bridgehead atoms. The van der Waals surface area contributed by atoms with Crippen LogP contribution in [0.1, 0.15) is 60.2 Å². The van der Waals surface area contributed by atoms with Gasteiger partial charge in [0.25, 0.3) is 11.8 Å². The Morgan fingerprint density at radius 2 is 1.77 bits per heavy atom. The summed E-state index contributed by atoms with van der Waals surface area (Å²) in [5.41, 5.74) is 1.56. The van der Waals surface area contributed by atoms with Gasteiger partial charge in [0.05, 0.1) is 22.3 Å². The Bertz CT molecular complexity index is 890. The average Bonchev–Trinajstić information content (AvgIpc) is 3.02. The molecule has 30 heavy (non-hydrogen) atoms. The third kappa shape index (κ3) is 5.85. The second kappa shape index (κ2) is 10.6. The van der Waals surface area contributed by atoms with Gasteiger partial charge in [-0.25, -0.2) is 0 Å². The van der Waals surface area contributed by atoms with E-state index in [0.717, 1.165) is 43.2 Å². The van der Waals surface area contributed by atoms with Crippen LogP contribution in [-0.2, 0) is 0 Å². The van der Waals surface area contributed by atoms with Crippen LogP contribution in [0.3, 0.4) is 0 Å². The molecule has 5 nitrogen and oxygen atoms in total. The van der Waals surface area contributed by atoms with Gasteiger partial charge < -0.3 is 15.0 Å². The Morgan fingerprint density at radius 3 is 2.43 bits per heavy atom. The lowest BCUT2D eigenvalue weighted by molar-refractivity contribution is 0.0762. The van der Waals surface area contributed by atoms with E-state index in [1.54, 1.807) is 30.3 Å². The number of hydrogen-bond acceptors (Lipinski definition) is 3. The standard InChI is InChI=1S/C24H29BrN2O3/c1-17(2)16-30-22-12-11-18(15-20(22)25)23(28)26-21-10-6-5-9-19(21)24(29)27-13-7-3-4-8-14-27/h5-6,9-12,15,17H,3-4,7-8,13-14,16H2,1-2H3,(H,26,28). The highest BCUT2D eigenvalue weighted by Crippen LogP contribution is 2.27. The first-order valence-electron chi connectivity index (χ1n) is 10.6. The number of ether oxygens (including phenoxy) is 1. The third-order valence-electron chi connectivity index (χ3n) is 5.07. The summed E-state index contributed by atoms with van der Waals surface area (Å²) >= 11 is 3.48. The fraction of sp³-hybridized carbons (Fsp3) is 0.417. The van der Waals surface area contributed by atoms with Crippen LogP contribution in [0, 0.1) is 5.92 Å². The number of nitrogens with zero attached hydrogens (tertiary/aromatic N) is 1. The van der Waals surface area contributed by atoms with Gasteiger partial charge in [0.2, 0.25) is 0 Å². The average molecular weight is 473 g/mol. The number of halogens is 1. The van der Waals surface area contributed by atoms with Crippen LogP contribution in [0.2, 0.25) is 0 Å². The van der Waals surface area contributed by atoms with Crippen molar-refractivity contribution in [3.05, 3.63) is 58.1 Å². The zero-order chi connectivity index (χ0) is 21.5. The van der Waals surface area contributed by atoms with Crippen molar-refractivity contribution in [1.29, 1.82) is 0 Å². The van der Waals surface area contributed by atoms with Crippen molar-refractivity contribution in [2.24, 2.45) is 5.92 Å². The van der Waals surface area contributed by atoms with Crippen LogP contribution in [0.5, 0.6) is 5.75 Å². The summed E-state index contributed by atoms with van der Waals surface area (Å²) in [6.07, 6.45) is 4.38. The maximum atomic E-state index is 13.1. The molecule has 0 unspecified atom stereocenters. The van der Waals surface area contributed by atoms with Gasteiger partial charge in [0, 0.05) is 18.7 Å². The minimum absolute atomic E-state index is 0.0218. The molecule has 0 saturated carbocycles. The Hall–Kier alpha value is -2.34. The number of rotatable bonds is 6. The Kier molecular flexibility index (Phi) is 7.91. The van der Waals surface area contributed by atoms with Gasteiger partial charge in [0.15, 0.2) is 0 Å². The molecule has 1 fully saturated rings. The fourth-order valence-electron chi connectivity index (χ4n) is 3.43. The number of carbonyl (C=O) groups is 2. The van der Waals surface area contributed by atoms with E-state index in [4.69, 9.17) is 4.74 Å². The van der Waals surface area contributed by atoms with Gasteiger partial charge in [0.1, 0.15) is 5.75 Å². The number of likely N-dealkylation sites (tertiary alicyclic amines) is 1. The van der Waals surface area contributed by atoms with Crippen molar-refractivity contribution < 1.29 is 14.3 Å². The summed E-state index contributed by atoms with van der Waals surface area (Å²) < 4.78 is 6.48. The maximum absolute atomic E-state index is 13.1. The smallest absolute Gasteiger partial charge is 0.255 e. The van der Waals surface area contributed by atoms with Crippen molar-refractivity contribution in [3.63, 3.8) is 0 Å². The zero-order valence-corrected chi connectivity index (χ0v) is 19.2. The summed E-state index contributed by atoms with van der Waals surface area (Å²) in [4.78, 5) is 27.8. The zero-order valence-electron chi connectivity index (χ0n) is 17.6. The molecule has 0 aliphatic carbocycles. The van der Waals surface area contributed by atoms with Crippen molar-refractivity contribution >= 4 is 33.4 Å². The van der Waals surface area contributed by atoms with E-state index < -0.39 is 0 Å². The van der Waals surface area contributed by atoms with Crippen molar-refractivity contribution in [2.45, 2.75) is 39.5 Å². The summed E-state index contributed by atoms with van der Waals surface area (Å²) in [6.45, 7) is 6.31. The van der Waals surface area contributed by atoms with E-state index in [1.807, 2.05) is 17.0 Å². The number of carbonyl (C=O) groups excluding carboxylic acids is 2. The number of anilines is 1. The van der Waals surface area contributed by atoms with Gasteiger partial charge in [-0.1, -0.05) is 38.8 Å². The summed E-state index contributed by atoms with van der Waals surface area (Å²) in [7, 11) is 0. The van der Waals surface area contributed by atoms with Crippen LogP contribution < -0.4 is 10.1 Å². The molecule has 6 heteroatoms. The number of hydrogen-bond donors (Lipinski definition) is 1. The van der Waals surface area contributed by atoms with Crippen molar-refractivity contribution in [3.8, 4) is 5.75 Å². The molecule has 0 radical (unpaired) electrons. The van der Waals surface area contributed by atoms with Gasteiger partial charge in [-0.15, -0.1) is 0 Å². The van der Waals surface area contributed by atoms with Gasteiger partial charge >= 0.3 is 0 Å². The normalized spacial score (nSPS) is 14.3. The van der Waals surface area contributed by atoms with Gasteiger partial charge in [-0.3, -0.25) is 9.59 Å². The predicted molar refractivity (Wildman–Crippen MR) is 123 cm³/mol. The molecule has 1 N–H and O–H groups in total. The minimum atomic E-state index is -0.262. The quantitative estimate of drug-likeness (QED) is 0.581. The fourth-order valence-corrected chi connectivity index (χ4v) is 3.93. The second-order valence-electron chi connectivity index (χ2n) is 8.06. The Labute approximate surface area is 186 Å². The lowest BCUT2D eigenvalue weighted by Crippen LogP contribution is -2.32. The van der Waals surface area contributed by atoms with Crippen LogP contribution in [-0.4, -0.2) is 36.4 Å². The molecule has 1 saturated heterocycles. The molecule has 2 aromatic rings. The molecule has 2 aromatic carbocycles. The highest BCUT2D eigenvalue weighted by Gasteiger charge is 2.21. The van der Waals surface area contributed by atoms with E-state index in [-0.39, 0.29) is 11.8 Å². The summed E-state index contributed by atoms with van der Waals surface area (Å²) in [6, 6.07) is 12.5. The molecule has 1 aliphatic rings. The van der Waals surface area contributed by atoms with E-state index in [2.05, 4.69) is 35.1 Å². The van der Waals surface area contributed by atoms with E-state index >= 15 is 0 Å². The molecule has 0 atom stereocenters. The molecule has 2 amide bonds. The molecule has 160 valence electrons. The molecule has 0 spiro atoms. The van der Waals surface area contributed by atoms with E-state index in [1.165, 1.54) is 0 Å². The number of amides is 2. The largest absolute Gasteiger partial charge is 0.492 e. The first kappa shape index (κ1) is 22.3. The lowest BCUT2D eigenvalue weighted by Gasteiger charge is -2.22. The van der Waals surface area contributed by atoms with Gasteiger partial charge in [-0.05, 0) is 65.0 Å². The molecule has 3 rings (SSSR count). The lowest BCUT2D eigenvalue weighted by atomic mass is 10.1. The molecular weight excluding hydrogens is 444 g/mol. The van der Waals surface area contributed by atoms with Crippen LogP contribution in [0.4, 0.5) is 5.69 Å². The topological polar surface area (TPSA) is 58.6 Å². The molecular formula is C24H29BrN2O3. The van der Waals surface area contributed by atoms with E-state index in [9.17, 15) is 9.59 Å². The highest BCUT2D eigenvalue weighted by atomic mass is 79.9. The summed E-state index contributed by atoms with van der Waals surface area (Å²) in [5.74, 6) is 0.837. The second-order valence-corrected chi connectivity index (χ2v) is 8.91. The molecule has 1 aliphatic heterocycles. The Morgan fingerprint density at radius 1 is 1.07 bits per heavy atom. The van der Waals surface area contributed by atoms with Crippen LogP contribution in [0.15, 0.2) is 46.9 Å². The first-order valence-corrected chi connectivity index (χ1v) is 11.4. The minimum Gasteiger partial charge on any atom is -0.492 e. The molecule has 1 heterocycles. The van der Waals surface area contributed by atoms with Crippen LogP contribution >= 0.6 is 15.9 Å². The number of para-hydroxylation sites is 1. The predicted octanol–water partition coefficient (Wildman–Crippen LogP) is 5.75.